The first-order chi connectivity index (χ1) is 14.0. The number of ether oxygens (including phenoxy) is 2. The number of anilines is 1. The maximum atomic E-state index is 13.5. The van der Waals surface area contributed by atoms with Gasteiger partial charge in [0.15, 0.2) is 6.29 Å². The summed E-state index contributed by atoms with van der Waals surface area (Å²) in [4.78, 5) is 15.0. The fourth-order valence-electron chi connectivity index (χ4n) is 4.12. The van der Waals surface area contributed by atoms with Gasteiger partial charge in [0.25, 0.3) is 5.91 Å². The Kier molecular flexibility index (Phi) is 4.01. The van der Waals surface area contributed by atoms with Crippen molar-refractivity contribution < 1.29 is 23.0 Å². The Morgan fingerprint density at radius 3 is 2.10 bits per heavy atom. The van der Waals surface area contributed by atoms with Crippen LogP contribution in [0.5, 0.6) is 0 Å². The highest BCUT2D eigenvalue weighted by Crippen LogP contribution is 2.58. The first-order valence-electron chi connectivity index (χ1n) is 9.22. The van der Waals surface area contributed by atoms with Crippen LogP contribution in [0.1, 0.15) is 29.1 Å². The number of likely N-dealkylation sites (N-methyl/N-ethyl adjacent to an activating group) is 1. The van der Waals surface area contributed by atoms with E-state index in [2.05, 4.69) is 0 Å². The molecule has 2 aliphatic heterocycles. The number of nitrogens with zero attached hydrogens (tertiary/aromatic N) is 1. The molecule has 2 aliphatic rings. The van der Waals surface area contributed by atoms with Crippen molar-refractivity contribution in [3.8, 4) is 0 Å². The Hall–Kier alpha value is -3.09. The molecular weight excluding hydrogens is 376 g/mol. The summed E-state index contributed by atoms with van der Waals surface area (Å²) in [5, 5.41) is 0. The third-order valence-electron chi connectivity index (χ3n) is 5.52. The second kappa shape index (κ2) is 6.47. The molecule has 3 aromatic carbocycles. The predicted molar refractivity (Wildman–Crippen MR) is 102 cm³/mol. The van der Waals surface area contributed by atoms with Gasteiger partial charge < -0.3 is 14.4 Å². The predicted octanol–water partition coefficient (Wildman–Crippen LogP) is 4.62. The number of rotatable bonds is 2. The van der Waals surface area contributed by atoms with Crippen molar-refractivity contribution in [3.63, 3.8) is 0 Å². The van der Waals surface area contributed by atoms with Crippen molar-refractivity contribution in [1.82, 2.24) is 0 Å². The molecule has 0 saturated carbocycles. The Labute approximate surface area is 166 Å². The molecule has 0 radical (unpaired) electrons. The molecule has 4 nitrogen and oxygen atoms in total. The summed E-state index contributed by atoms with van der Waals surface area (Å²) in [6.07, 6.45) is -1.68. The van der Waals surface area contributed by atoms with Crippen molar-refractivity contribution in [1.29, 1.82) is 0 Å². The molecule has 0 aliphatic carbocycles. The Balaban J connectivity index is 1.67. The van der Waals surface area contributed by atoms with Crippen LogP contribution in [0.25, 0.3) is 0 Å². The van der Waals surface area contributed by atoms with Crippen molar-refractivity contribution in [2.45, 2.75) is 18.0 Å². The second-order valence-corrected chi connectivity index (χ2v) is 7.19. The first-order valence-corrected chi connectivity index (χ1v) is 9.22. The molecule has 1 saturated heterocycles. The van der Waals surface area contributed by atoms with Gasteiger partial charge in [-0.1, -0.05) is 42.5 Å². The fourth-order valence-corrected chi connectivity index (χ4v) is 4.12. The van der Waals surface area contributed by atoms with E-state index in [1.165, 1.54) is 24.3 Å². The molecule has 3 aromatic rings. The highest BCUT2D eigenvalue weighted by Gasteiger charge is 2.62. The van der Waals surface area contributed by atoms with Gasteiger partial charge in [-0.3, -0.25) is 4.79 Å². The number of para-hydroxylation sites is 1. The number of carbonyl (C=O) groups excluding carboxylic acids is 1. The lowest BCUT2D eigenvalue weighted by Gasteiger charge is -2.27. The van der Waals surface area contributed by atoms with Crippen LogP contribution in [0.2, 0.25) is 0 Å². The minimum atomic E-state index is -1.41. The van der Waals surface area contributed by atoms with E-state index in [4.69, 9.17) is 9.47 Å². The summed E-state index contributed by atoms with van der Waals surface area (Å²) in [6, 6.07) is 19.0. The number of benzene rings is 3. The summed E-state index contributed by atoms with van der Waals surface area (Å²) in [6.45, 7) is 0. The van der Waals surface area contributed by atoms with Gasteiger partial charge >= 0.3 is 0 Å². The normalized spacial score (nSPS) is 25.6. The smallest absolute Gasteiger partial charge is 0.266 e. The number of amides is 1. The molecular formula is C23H17F2NO3. The van der Waals surface area contributed by atoms with Crippen molar-refractivity contribution in [2.24, 2.45) is 0 Å². The van der Waals surface area contributed by atoms with E-state index in [9.17, 15) is 13.6 Å². The lowest BCUT2D eigenvalue weighted by molar-refractivity contribution is -0.145. The lowest BCUT2D eigenvalue weighted by atomic mass is 9.85. The zero-order valence-corrected chi connectivity index (χ0v) is 15.5. The van der Waals surface area contributed by atoms with Gasteiger partial charge in [0, 0.05) is 18.2 Å². The average Bonchev–Trinajstić information content (AvgIpc) is 3.23. The zero-order valence-electron chi connectivity index (χ0n) is 15.5. The topological polar surface area (TPSA) is 38.8 Å². The Morgan fingerprint density at radius 1 is 0.862 bits per heavy atom. The van der Waals surface area contributed by atoms with E-state index in [1.54, 1.807) is 36.2 Å². The number of halogens is 2. The number of hydrogen-bond donors (Lipinski definition) is 0. The minimum Gasteiger partial charge on any atom is -0.336 e. The van der Waals surface area contributed by atoms with E-state index < -0.39 is 18.0 Å². The van der Waals surface area contributed by atoms with E-state index in [1.807, 2.05) is 24.3 Å². The summed E-state index contributed by atoms with van der Waals surface area (Å²) < 4.78 is 39.4. The molecule has 146 valence electrons. The van der Waals surface area contributed by atoms with Crippen LogP contribution in [0, 0.1) is 11.6 Å². The van der Waals surface area contributed by atoms with Gasteiger partial charge in [-0.2, -0.15) is 0 Å². The molecule has 0 bridgehead atoms. The van der Waals surface area contributed by atoms with Crippen LogP contribution < -0.4 is 4.90 Å². The summed E-state index contributed by atoms with van der Waals surface area (Å²) in [5.74, 6) is -1.02. The lowest BCUT2D eigenvalue weighted by Crippen LogP contribution is -2.42. The molecule has 1 fully saturated rings. The highest BCUT2D eigenvalue weighted by molar-refractivity contribution is 6.07. The average molecular weight is 393 g/mol. The first kappa shape index (κ1) is 18.0. The van der Waals surface area contributed by atoms with Crippen LogP contribution in [0.15, 0.2) is 72.8 Å². The number of fused-ring (bicyclic) bond motifs is 2. The molecule has 2 heterocycles. The molecule has 1 amide bonds. The highest BCUT2D eigenvalue weighted by atomic mass is 19.1. The van der Waals surface area contributed by atoms with E-state index in [0.29, 0.717) is 16.7 Å². The maximum Gasteiger partial charge on any atom is 0.266 e. The molecule has 0 N–H and O–H groups in total. The monoisotopic (exact) mass is 393 g/mol. The summed E-state index contributed by atoms with van der Waals surface area (Å²) in [5.41, 5.74) is 1.21. The quantitative estimate of drug-likeness (QED) is 0.638. The number of hydrogen-bond acceptors (Lipinski definition) is 3. The van der Waals surface area contributed by atoms with Gasteiger partial charge in [0.1, 0.15) is 17.7 Å². The Morgan fingerprint density at radius 2 is 1.45 bits per heavy atom. The van der Waals surface area contributed by atoms with E-state index in [-0.39, 0.29) is 17.5 Å². The van der Waals surface area contributed by atoms with Crippen molar-refractivity contribution >= 4 is 11.6 Å². The third-order valence-corrected chi connectivity index (χ3v) is 5.52. The number of carbonyl (C=O) groups is 1. The summed E-state index contributed by atoms with van der Waals surface area (Å²) in [7, 11) is 1.69. The van der Waals surface area contributed by atoms with Crippen molar-refractivity contribution in [3.05, 3.63) is 101 Å². The molecule has 1 spiro atoms. The van der Waals surface area contributed by atoms with Crippen LogP contribution in [-0.4, -0.2) is 13.0 Å². The second-order valence-electron chi connectivity index (χ2n) is 7.19. The largest absolute Gasteiger partial charge is 0.336 e. The molecule has 29 heavy (non-hydrogen) atoms. The Bertz CT molecular complexity index is 1080. The van der Waals surface area contributed by atoms with Gasteiger partial charge in [-0.15, -0.1) is 0 Å². The van der Waals surface area contributed by atoms with Crippen LogP contribution in [-0.2, 0) is 19.9 Å². The van der Waals surface area contributed by atoms with E-state index >= 15 is 0 Å². The zero-order chi connectivity index (χ0) is 20.2. The SMILES string of the molecule is CN1C(=O)[C@@]2(O[C@@H](c3ccc(F)cc3)O[C@H]2c2ccc(F)cc2)c2ccccc21. The maximum absolute atomic E-state index is 13.5. The van der Waals surface area contributed by atoms with Crippen LogP contribution in [0.3, 0.4) is 0 Å². The molecule has 3 atom stereocenters. The minimum absolute atomic E-state index is 0.266. The van der Waals surface area contributed by atoms with Gasteiger partial charge in [-0.05, 0) is 35.9 Å². The van der Waals surface area contributed by atoms with Gasteiger partial charge in [0.2, 0.25) is 5.60 Å². The van der Waals surface area contributed by atoms with Gasteiger partial charge in [0.05, 0.1) is 5.69 Å². The standard InChI is InChI=1S/C23H17F2NO3/c1-26-19-5-3-2-4-18(19)23(22(26)27)20(14-6-10-16(24)11-7-14)28-21(29-23)15-8-12-17(25)13-9-15/h2-13,20-21H,1H3/t20-,21-,23+/m0/s1. The molecule has 6 heteroatoms. The molecule has 5 rings (SSSR count). The molecule has 0 aromatic heterocycles. The van der Waals surface area contributed by atoms with Crippen LogP contribution in [0.4, 0.5) is 14.5 Å². The van der Waals surface area contributed by atoms with E-state index in [0.717, 1.165) is 5.69 Å². The summed E-state index contributed by atoms with van der Waals surface area (Å²) >= 11 is 0. The van der Waals surface area contributed by atoms with Crippen LogP contribution >= 0.6 is 0 Å². The third kappa shape index (κ3) is 2.60. The fraction of sp³-hybridized carbons (Fsp3) is 0.174. The van der Waals surface area contributed by atoms with Crippen molar-refractivity contribution in [2.75, 3.05) is 11.9 Å². The van der Waals surface area contributed by atoms with Gasteiger partial charge in [-0.25, -0.2) is 8.78 Å². The molecule has 0 unspecified atom stereocenters.